The highest BCUT2D eigenvalue weighted by molar-refractivity contribution is 5.73. The molecule has 0 saturated carbocycles. The zero-order valence-electron chi connectivity index (χ0n) is 9.43. The molecule has 7 N–H and O–H groups in total. The first kappa shape index (κ1) is 15.2. The Kier molecular flexibility index (Phi) is 4.99. The van der Waals surface area contributed by atoms with Gasteiger partial charge in [0.15, 0.2) is 5.72 Å². The van der Waals surface area contributed by atoms with Crippen LogP contribution < -0.4 is 5.32 Å². The zero-order chi connectivity index (χ0) is 13.9. The largest absolute Gasteiger partial charge is 0.480 e. The molecule has 0 spiro atoms. The Balaban J connectivity index is 2.89. The molecule has 1 heterocycles. The molecule has 0 aliphatic carbocycles. The second kappa shape index (κ2) is 5.89. The highest BCUT2D eigenvalue weighted by Crippen LogP contribution is 2.29. The van der Waals surface area contributed by atoms with Crippen molar-refractivity contribution < 1.29 is 40.2 Å². The number of carboxylic acid groups (broad SMARTS) is 1. The van der Waals surface area contributed by atoms with Gasteiger partial charge in [-0.3, -0.25) is 10.1 Å². The Bertz CT molecular complexity index is 300. The Morgan fingerprint density at radius 1 is 1.33 bits per heavy atom. The summed E-state index contributed by atoms with van der Waals surface area (Å²) in [6, 6.07) is -1.49. The smallest absolute Gasteiger partial charge is 0.323 e. The summed E-state index contributed by atoms with van der Waals surface area (Å²) in [5, 5.41) is 57.3. The first-order chi connectivity index (χ1) is 8.41. The molecule has 0 aromatic carbocycles. The van der Waals surface area contributed by atoms with Crippen LogP contribution in [0.2, 0.25) is 0 Å². The van der Waals surface area contributed by atoms with Crippen molar-refractivity contribution >= 4 is 5.97 Å². The van der Waals surface area contributed by atoms with Crippen LogP contribution in [0, 0.1) is 0 Å². The van der Waals surface area contributed by atoms with Gasteiger partial charge < -0.3 is 35.4 Å². The molecule has 0 radical (unpaired) electrons. The van der Waals surface area contributed by atoms with Gasteiger partial charge in [0.05, 0.1) is 19.8 Å². The molecule has 0 amide bonds. The molecular formula is C9H17NO8. The highest BCUT2D eigenvalue weighted by Gasteiger charge is 2.55. The van der Waals surface area contributed by atoms with Crippen molar-refractivity contribution in [3.8, 4) is 0 Å². The molecule has 1 aliphatic rings. The van der Waals surface area contributed by atoms with Gasteiger partial charge in [-0.2, -0.15) is 0 Å². The third-order valence-electron chi connectivity index (χ3n) is 2.86. The summed E-state index contributed by atoms with van der Waals surface area (Å²) < 4.78 is 5.07. The molecule has 1 aliphatic heterocycles. The summed E-state index contributed by atoms with van der Waals surface area (Å²) in [6.45, 7) is -2.25. The number of hydrogen-bond acceptors (Lipinski definition) is 8. The molecule has 1 fully saturated rings. The fraction of sp³-hybridized carbons (Fsp3) is 0.889. The van der Waals surface area contributed by atoms with Crippen LogP contribution in [-0.2, 0) is 9.53 Å². The van der Waals surface area contributed by atoms with Gasteiger partial charge in [0.25, 0.3) is 0 Å². The van der Waals surface area contributed by atoms with E-state index in [0.717, 1.165) is 0 Å². The van der Waals surface area contributed by atoms with Gasteiger partial charge in [-0.15, -0.1) is 0 Å². The topological polar surface area (TPSA) is 160 Å². The van der Waals surface area contributed by atoms with E-state index in [-0.39, 0.29) is 0 Å². The van der Waals surface area contributed by atoms with Crippen molar-refractivity contribution in [1.29, 1.82) is 0 Å². The van der Waals surface area contributed by atoms with E-state index >= 15 is 0 Å². The van der Waals surface area contributed by atoms with E-state index in [1.54, 1.807) is 0 Å². The van der Waals surface area contributed by atoms with Gasteiger partial charge in [0, 0.05) is 0 Å². The normalized spacial score (nSPS) is 37.7. The first-order valence-corrected chi connectivity index (χ1v) is 5.29. The lowest BCUT2D eigenvalue weighted by Gasteiger charge is -2.33. The number of rotatable bonds is 6. The molecular weight excluding hydrogens is 250 g/mol. The maximum atomic E-state index is 10.8. The Labute approximate surface area is 102 Å². The quantitative estimate of drug-likeness (QED) is 0.253. The van der Waals surface area contributed by atoms with Crippen LogP contribution in [0.25, 0.3) is 0 Å². The maximum absolute atomic E-state index is 10.8. The Morgan fingerprint density at radius 2 is 1.94 bits per heavy atom. The monoisotopic (exact) mass is 267 g/mol. The van der Waals surface area contributed by atoms with Crippen LogP contribution >= 0.6 is 0 Å². The number of hydrogen-bond donors (Lipinski definition) is 7. The molecule has 18 heavy (non-hydrogen) atoms. The number of carboxylic acids is 1. The fourth-order valence-corrected chi connectivity index (χ4v) is 1.81. The predicted molar refractivity (Wildman–Crippen MR) is 55.4 cm³/mol. The minimum absolute atomic E-state index is 0.613. The van der Waals surface area contributed by atoms with Gasteiger partial charge >= 0.3 is 5.97 Å². The summed E-state index contributed by atoms with van der Waals surface area (Å²) in [5.74, 6) is -1.41. The number of nitrogens with one attached hydrogen (secondary N) is 1. The van der Waals surface area contributed by atoms with Crippen LogP contribution in [0.5, 0.6) is 0 Å². The van der Waals surface area contributed by atoms with E-state index in [9.17, 15) is 20.1 Å². The van der Waals surface area contributed by atoms with Crippen LogP contribution in [-0.4, -0.2) is 86.5 Å². The summed E-state index contributed by atoms with van der Waals surface area (Å²) in [6.07, 6.45) is -4.29. The Morgan fingerprint density at radius 3 is 2.28 bits per heavy atom. The van der Waals surface area contributed by atoms with Crippen molar-refractivity contribution in [2.45, 2.75) is 30.1 Å². The van der Waals surface area contributed by atoms with Gasteiger partial charge in [-0.25, -0.2) is 0 Å². The minimum Gasteiger partial charge on any atom is -0.480 e. The third-order valence-corrected chi connectivity index (χ3v) is 2.86. The maximum Gasteiger partial charge on any atom is 0.323 e. The lowest BCUT2D eigenvalue weighted by molar-refractivity contribution is -0.160. The molecule has 1 rings (SSSR count). The van der Waals surface area contributed by atoms with E-state index in [0.29, 0.717) is 0 Å². The van der Waals surface area contributed by atoms with Gasteiger partial charge in [-0.05, 0) is 0 Å². The second-order valence-electron chi connectivity index (χ2n) is 4.04. The van der Waals surface area contributed by atoms with Gasteiger partial charge in [-0.1, -0.05) is 0 Å². The SMILES string of the molecule is O=C(O)[C@H](CO)NC1(CO)O[C@H](CO)[C@@H](O)[C@@H]1O. The number of carbonyl (C=O) groups is 1. The van der Waals surface area contributed by atoms with Crippen LogP contribution in [0.4, 0.5) is 0 Å². The summed E-state index contributed by atoms with van der Waals surface area (Å²) in [7, 11) is 0. The van der Waals surface area contributed by atoms with Crippen molar-refractivity contribution in [2.24, 2.45) is 0 Å². The third kappa shape index (κ3) is 2.62. The molecule has 0 aromatic rings. The lowest BCUT2D eigenvalue weighted by Crippen LogP contribution is -2.62. The van der Waals surface area contributed by atoms with Crippen molar-refractivity contribution in [3.05, 3.63) is 0 Å². The minimum atomic E-state index is -1.95. The van der Waals surface area contributed by atoms with E-state index in [1.807, 2.05) is 0 Å². The van der Waals surface area contributed by atoms with Crippen molar-refractivity contribution in [3.63, 3.8) is 0 Å². The lowest BCUT2D eigenvalue weighted by atomic mass is 10.0. The predicted octanol–water partition coefficient (Wildman–Crippen LogP) is -4.18. The molecule has 1 unspecified atom stereocenters. The number of aliphatic hydroxyl groups excluding tert-OH is 5. The summed E-state index contributed by atoms with van der Waals surface area (Å²) in [4.78, 5) is 10.8. The van der Waals surface area contributed by atoms with Crippen LogP contribution in [0.1, 0.15) is 0 Å². The average Bonchev–Trinajstić information content (AvgIpc) is 2.60. The van der Waals surface area contributed by atoms with E-state index < -0.39 is 55.9 Å². The number of ether oxygens (including phenoxy) is 1. The highest BCUT2D eigenvalue weighted by atomic mass is 16.6. The summed E-state index contributed by atoms with van der Waals surface area (Å²) >= 11 is 0. The number of aliphatic carboxylic acids is 1. The molecule has 1 saturated heterocycles. The molecule has 0 aromatic heterocycles. The second-order valence-corrected chi connectivity index (χ2v) is 4.04. The Hall–Kier alpha value is -0.810. The van der Waals surface area contributed by atoms with Gasteiger partial charge in [0.1, 0.15) is 24.4 Å². The average molecular weight is 267 g/mol. The molecule has 106 valence electrons. The van der Waals surface area contributed by atoms with E-state index in [2.05, 4.69) is 5.32 Å². The molecule has 9 nitrogen and oxygen atoms in total. The zero-order valence-corrected chi connectivity index (χ0v) is 9.43. The first-order valence-electron chi connectivity index (χ1n) is 5.29. The van der Waals surface area contributed by atoms with Crippen molar-refractivity contribution in [2.75, 3.05) is 19.8 Å². The molecule has 9 heteroatoms. The van der Waals surface area contributed by atoms with Gasteiger partial charge in [0.2, 0.25) is 0 Å². The summed E-state index contributed by atoms with van der Waals surface area (Å²) in [5.41, 5.74) is -1.95. The van der Waals surface area contributed by atoms with Crippen LogP contribution in [0.3, 0.4) is 0 Å². The molecule has 5 atom stereocenters. The standard InChI is InChI=1S/C9H17NO8/c11-1-4(8(16)17)10-9(3-13)7(15)6(14)5(2-12)18-9/h4-7,10-15H,1-3H2,(H,16,17)/t4-,5+,6+,7-,9?/m0/s1. The fourth-order valence-electron chi connectivity index (χ4n) is 1.81. The van der Waals surface area contributed by atoms with Crippen LogP contribution in [0.15, 0.2) is 0 Å². The van der Waals surface area contributed by atoms with E-state index in [4.69, 9.17) is 20.1 Å². The molecule has 0 bridgehead atoms. The van der Waals surface area contributed by atoms with Crippen molar-refractivity contribution in [1.82, 2.24) is 5.32 Å². The number of aliphatic hydroxyl groups is 5. The van der Waals surface area contributed by atoms with E-state index in [1.165, 1.54) is 0 Å².